The first-order valence-corrected chi connectivity index (χ1v) is 6.43. The number of nitrogens with one attached hydrogen (secondary N) is 1. The fraction of sp³-hybridized carbons (Fsp3) is 0.385. The molecule has 0 saturated heterocycles. The smallest absolute Gasteiger partial charge is 0.0324 e. The lowest BCUT2D eigenvalue weighted by Crippen LogP contribution is -2.33. The van der Waals surface area contributed by atoms with Gasteiger partial charge in [0.2, 0.25) is 0 Å². The third-order valence-corrected chi connectivity index (χ3v) is 4.07. The van der Waals surface area contributed by atoms with Crippen molar-refractivity contribution in [3.63, 3.8) is 0 Å². The van der Waals surface area contributed by atoms with Crippen molar-refractivity contribution in [1.82, 2.24) is 5.32 Å². The van der Waals surface area contributed by atoms with E-state index in [1.165, 1.54) is 16.2 Å². The lowest BCUT2D eigenvalue weighted by Gasteiger charge is -2.21. The molecular formula is C13H17NS. The summed E-state index contributed by atoms with van der Waals surface area (Å²) in [4.78, 5) is 1.44. The zero-order valence-corrected chi connectivity index (χ0v) is 9.89. The minimum absolute atomic E-state index is 0.408. The van der Waals surface area contributed by atoms with Gasteiger partial charge in [0.1, 0.15) is 0 Å². The molecule has 0 saturated carbocycles. The van der Waals surface area contributed by atoms with Crippen LogP contribution in [0.5, 0.6) is 0 Å². The fourth-order valence-corrected chi connectivity index (χ4v) is 3.42. The van der Waals surface area contributed by atoms with Gasteiger partial charge in [0.25, 0.3) is 0 Å². The predicted molar refractivity (Wildman–Crippen MR) is 67.6 cm³/mol. The number of benzene rings is 1. The van der Waals surface area contributed by atoms with Crippen LogP contribution >= 0.6 is 11.8 Å². The van der Waals surface area contributed by atoms with Crippen molar-refractivity contribution in [3.8, 4) is 0 Å². The van der Waals surface area contributed by atoms with Gasteiger partial charge in [0.15, 0.2) is 0 Å². The third-order valence-electron chi connectivity index (χ3n) is 2.86. The van der Waals surface area contributed by atoms with Crippen LogP contribution in [-0.4, -0.2) is 18.3 Å². The van der Waals surface area contributed by atoms with Crippen LogP contribution in [0.25, 0.3) is 0 Å². The van der Waals surface area contributed by atoms with Gasteiger partial charge in [0.05, 0.1) is 0 Å². The summed E-state index contributed by atoms with van der Waals surface area (Å²) in [5.74, 6) is 1.76. The van der Waals surface area contributed by atoms with Crippen molar-refractivity contribution in [3.05, 3.63) is 42.5 Å². The highest BCUT2D eigenvalue weighted by molar-refractivity contribution is 7.99. The number of hydrogen-bond acceptors (Lipinski definition) is 2. The lowest BCUT2D eigenvalue weighted by molar-refractivity contribution is 0.544. The summed E-state index contributed by atoms with van der Waals surface area (Å²) in [6.07, 6.45) is 2.04. The molecule has 1 N–H and O–H groups in total. The van der Waals surface area contributed by atoms with E-state index in [1.807, 2.05) is 17.8 Å². The summed E-state index contributed by atoms with van der Waals surface area (Å²) in [6.45, 7) is 7.07. The van der Waals surface area contributed by atoms with E-state index in [2.05, 4.69) is 43.1 Å². The number of likely N-dealkylation sites (N-methyl/N-ethyl adjacent to an activating group) is 1. The Morgan fingerprint density at radius 2 is 2.40 bits per heavy atom. The number of fused-ring (bicyclic) bond motifs is 1. The van der Waals surface area contributed by atoms with Crippen molar-refractivity contribution in [2.45, 2.75) is 23.8 Å². The predicted octanol–water partition coefficient (Wildman–Crippen LogP) is 3.04. The van der Waals surface area contributed by atoms with Crippen LogP contribution in [0, 0.1) is 0 Å². The van der Waals surface area contributed by atoms with Crippen LogP contribution in [0.3, 0.4) is 0 Å². The molecule has 0 aliphatic carbocycles. The molecule has 0 aromatic heterocycles. The molecule has 80 valence electrons. The molecule has 0 spiro atoms. The molecule has 0 radical (unpaired) electrons. The normalized spacial score (nSPS) is 21.0. The molecule has 2 rings (SSSR count). The van der Waals surface area contributed by atoms with Gasteiger partial charge in [-0.1, -0.05) is 31.2 Å². The molecule has 2 atom stereocenters. The number of rotatable bonds is 4. The first kappa shape index (κ1) is 10.8. The van der Waals surface area contributed by atoms with Crippen molar-refractivity contribution in [2.24, 2.45) is 0 Å². The van der Waals surface area contributed by atoms with Gasteiger partial charge < -0.3 is 5.32 Å². The fourth-order valence-electron chi connectivity index (χ4n) is 2.11. The van der Waals surface area contributed by atoms with Crippen molar-refractivity contribution >= 4 is 11.8 Å². The first-order chi connectivity index (χ1) is 7.36. The standard InChI is InChI=1S/C13H17NS/c1-3-12(14-4-2)11-9-15-13-8-6-5-7-10(11)13/h3,5-8,11-12,14H,1,4,9H2,2H3. The van der Waals surface area contributed by atoms with E-state index in [4.69, 9.17) is 0 Å². The zero-order chi connectivity index (χ0) is 10.7. The van der Waals surface area contributed by atoms with E-state index in [0.717, 1.165) is 6.54 Å². The molecule has 0 bridgehead atoms. The van der Waals surface area contributed by atoms with E-state index in [-0.39, 0.29) is 0 Å². The first-order valence-electron chi connectivity index (χ1n) is 5.44. The molecule has 1 aromatic carbocycles. The van der Waals surface area contributed by atoms with Crippen molar-refractivity contribution in [1.29, 1.82) is 0 Å². The minimum atomic E-state index is 0.408. The maximum Gasteiger partial charge on any atom is 0.0324 e. The second-order valence-electron chi connectivity index (χ2n) is 3.77. The molecule has 1 heterocycles. The number of thioether (sulfide) groups is 1. The largest absolute Gasteiger partial charge is 0.310 e. The molecular weight excluding hydrogens is 202 g/mol. The summed E-state index contributed by atoms with van der Waals surface area (Å²) in [5.41, 5.74) is 1.48. The summed E-state index contributed by atoms with van der Waals surface area (Å²) in [5, 5.41) is 3.48. The molecule has 1 aliphatic rings. The third kappa shape index (κ3) is 2.11. The van der Waals surface area contributed by atoms with E-state index < -0.39 is 0 Å². The Balaban J connectivity index is 2.22. The summed E-state index contributed by atoms with van der Waals surface area (Å²) < 4.78 is 0. The van der Waals surface area contributed by atoms with E-state index >= 15 is 0 Å². The van der Waals surface area contributed by atoms with Gasteiger partial charge in [-0.2, -0.15) is 0 Å². The summed E-state index contributed by atoms with van der Waals surface area (Å²) in [6, 6.07) is 9.11. The zero-order valence-electron chi connectivity index (χ0n) is 9.07. The summed E-state index contributed by atoms with van der Waals surface area (Å²) in [7, 11) is 0. The molecule has 0 fully saturated rings. The van der Waals surface area contributed by atoms with Crippen LogP contribution in [0.1, 0.15) is 18.4 Å². The Hall–Kier alpha value is -0.730. The van der Waals surface area contributed by atoms with Crippen LogP contribution in [0.15, 0.2) is 41.8 Å². The molecule has 2 unspecified atom stereocenters. The molecule has 1 nitrogen and oxygen atoms in total. The molecule has 2 heteroatoms. The van der Waals surface area contributed by atoms with Gasteiger partial charge in [-0.05, 0) is 18.2 Å². The van der Waals surface area contributed by atoms with Gasteiger partial charge in [-0.25, -0.2) is 0 Å². The van der Waals surface area contributed by atoms with E-state index in [1.54, 1.807) is 0 Å². The lowest BCUT2D eigenvalue weighted by atomic mass is 9.93. The Morgan fingerprint density at radius 1 is 1.60 bits per heavy atom. The SMILES string of the molecule is C=CC(NCC)C1CSc2ccccc21. The molecule has 0 amide bonds. The highest BCUT2D eigenvalue weighted by atomic mass is 32.2. The van der Waals surface area contributed by atoms with Crippen LogP contribution in [0.2, 0.25) is 0 Å². The van der Waals surface area contributed by atoms with Gasteiger partial charge >= 0.3 is 0 Å². The highest BCUT2D eigenvalue weighted by Crippen LogP contribution is 2.41. The van der Waals surface area contributed by atoms with Crippen molar-refractivity contribution in [2.75, 3.05) is 12.3 Å². The Kier molecular flexibility index (Phi) is 3.49. The molecule has 15 heavy (non-hydrogen) atoms. The average molecular weight is 219 g/mol. The minimum Gasteiger partial charge on any atom is -0.310 e. The molecule has 1 aliphatic heterocycles. The second kappa shape index (κ2) is 4.86. The maximum atomic E-state index is 3.93. The van der Waals surface area contributed by atoms with Crippen molar-refractivity contribution < 1.29 is 0 Å². The highest BCUT2D eigenvalue weighted by Gasteiger charge is 2.27. The van der Waals surface area contributed by atoms with Crippen LogP contribution in [0.4, 0.5) is 0 Å². The summed E-state index contributed by atoms with van der Waals surface area (Å²) >= 11 is 1.96. The molecule has 1 aromatic rings. The quantitative estimate of drug-likeness (QED) is 0.781. The maximum absolute atomic E-state index is 3.93. The average Bonchev–Trinajstić information content (AvgIpc) is 2.70. The number of hydrogen-bond donors (Lipinski definition) is 1. The Bertz CT molecular complexity index is 348. The Labute approximate surface area is 96.0 Å². The van der Waals surface area contributed by atoms with E-state index in [9.17, 15) is 0 Å². The van der Waals surface area contributed by atoms with Gasteiger partial charge in [0, 0.05) is 22.6 Å². The van der Waals surface area contributed by atoms with Gasteiger partial charge in [-0.15, -0.1) is 18.3 Å². The second-order valence-corrected chi connectivity index (χ2v) is 4.84. The van der Waals surface area contributed by atoms with Crippen LogP contribution in [-0.2, 0) is 0 Å². The topological polar surface area (TPSA) is 12.0 Å². The van der Waals surface area contributed by atoms with Gasteiger partial charge in [-0.3, -0.25) is 0 Å². The monoisotopic (exact) mass is 219 g/mol. The van der Waals surface area contributed by atoms with E-state index in [0.29, 0.717) is 12.0 Å². The Morgan fingerprint density at radius 3 is 3.13 bits per heavy atom. The van der Waals surface area contributed by atoms with Crippen LogP contribution < -0.4 is 5.32 Å².